The van der Waals surface area contributed by atoms with E-state index >= 15 is 0 Å². The fourth-order valence-electron chi connectivity index (χ4n) is 1.01. The molecule has 0 fully saturated rings. The quantitative estimate of drug-likeness (QED) is 0.448. The van der Waals surface area contributed by atoms with Gasteiger partial charge in [-0.15, -0.1) is 0 Å². The molecule has 0 amide bonds. The van der Waals surface area contributed by atoms with Crippen LogP contribution in [-0.2, 0) is 4.79 Å². The van der Waals surface area contributed by atoms with Gasteiger partial charge in [-0.25, -0.2) is 0 Å². The summed E-state index contributed by atoms with van der Waals surface area (Å²) in [6.45, 7) is 0.973. The van der Waals surface area contributed by atoms with Crippen LogP contribution in [0.1, 0.15) is 19.3 Å². The molecule has 1 aliphatic rings. The van der Waals surface area contributed by atoms with Gasteiger partial charge in [0.25, 0.3) is 0 Å². The van der Waals surface area contributed by atoms with E-state index < -0.39 is 0 Å². The Hall–Kier alpha value is -0.0679. The third-order valence-corrected chi connectivity index (χ3v) is 2.87. The molecule has 0 saturated heterocycles. The Morgan fingerprint density at radius 2 is 2.64 bits per heavy atom. The molecule has 0 aromatic carbocycles. The molecule has 1 N–H and O–H groups in total. The van der Waals surface area contributed by atoms with Gasteiger partial charge in [-0.3, -0.25) is 0 Å². The standard InChI is InChI=1S/C7H11N2O.Tl/c10-4-2-1-3-7-5-8-6-9-7;/h4-5,9H,1-3,6H2;/q-1;+1. The second kappa shape index (κ2) is 4.74. The van der Waals surface area contributed by atoms with Crippen LogP contribution >= 0.6 is 0 Å². The van der Waals surface area contributed by atoms with Gasteiger partial charge in [0.1, 0.15) is 0 Å². The second-order valence-corrected chi connectivity index (χ2v) is 5.14. The van der Waals surface area contributed by atoms with Crippen LogP contribution in [0.15, 0.2) is 11.9 Å². The first-order valence-electron chi connectivity index (χ1n) is 3.72. The number of rotatable bonds is 4. The average Bonchev–Trinajstić information content (AvgIpc) is 2.37. The zero-order valence-corrected chi connectivity index (χ0v) is 10.9. The van der Waals surface area contributed by atoms with Gasteiger partial charge in [0.05, 0.1) is 0 Å². The summed E-state index contributed by atoms with van der Waals surface area (Å²) in [6.07, 6.45) is 5.82. The van der Waals surface area contributed by atoms with Crippen molar-refractivity contribution in [2.45, 2.75) is 19.3 Å². The zero-order valence-electron chi connectivity index (χ0n) is 6.42. The Bertz CT molecular complexity index is 170. The number of hydrogen-bond acceptors (Lipinski definition) is 3. The van der Waals surface area contributed by atoms with Crippen molar-refractivity contribution in [2.75, 3.05) is 6.67 Å². The molecule has 0 aromatic rings. The second-order valence-electron chi connectivity index (χ2n) is 2.56. The number of aldehydes is 1. The van der Waals surface area contributed by atoms with E-state index in [1.165, 1.54) is 5.70 Å². The first kappa shape index (κ1) is 9.02. The van der Waals surface area contributed by atoms with Crippen molar-refractivity contribution in [1.82, 2.24) is 8.03 Å². The molecule has 11 heavy (non-hydrogen) atoms. The Balaban J connectivity index is 2.16. The number of carbonyl (C=O) groups is 1. The molecule has 0 atom stereocenters. The van der Waals surface area contributed by atoms with Gasteiger partial charge in [-0.1, -0.05) is 0 Å². The summed E-state index contributed by atoms with van der Waals surface area (Å²) in [7, 11) is 0. The first-order valence-corrected chi connectivity index (χ1v) is 5.73. The van der Waals surface area contributed by atoms with E-state index in [2.05, 4.69) is 14.2 Å². The van der Waals surface area contributed by atoms with Crippen molar-refractivity contribution in [3.05, 3.63) is 11.9 Å². The van der Waals surface area contributed by atoms with Gasteiger partial charge >= 0.3 is 83.0 Å². The van der Waals surface area contributed by atoms with E-state index in [4.69, 9.17) is 0 Å². The minimum absolute atomic E-state index is 0.683. The van der Waals surface area contributed by atoms with Gasteiger partial charge in [-0.2, -0.15) is 0 Å². The first-order chi connectivity index (χ1) is 5.33. The van der Waals surface area contributed by atoms with Gasteiger partial charge < -0.3 is 0 Å². The van der Waals surface area contributed by atoms with Crippen LogP contribution in [0.2, 0.25) is 0 Å². The SMILES string of the molecule is O=CCCCC1=C[N]([Tl])CN1. The van der Waals surface area contributed by atoms with E-state index in [1.807, 2.05) is 0 Å². The van der Waals surface area contributed by atoms with Gasteiger partial charge in [0.2, 0.25) is 0 Å². The van der Waals surface area contributed by atoms with Crippen molar-refractivity contribution < 1.29 is 4.79 Å². The maximum atomic E-state index is 10.0. The van der Waals surface area contributed by atoms with Gasteiger partial charge in [0.15, 0.2) is 0 Å². The molecule has 1 rings (SSSR count). The monoisotopic (exact) mass is 344 g/mol. The molecule has 0 radical (unpaired) electrons. The molecule has 0 unspecified atom stereocenters. The van der Waals surface area contributed by atoms with Crippen molar-refractivity contribution in [3.8, 4) is 0 Å². The Morgan fingerprint density at radius 1 is 1.82 bits per heavy atom. The fraction of sp³-hybridized carbons (Fsp3) is 0.571. The normalized spacial score (nSPS) is 15.9. The molecular weight excluding hydrogens is 332 g/mol. The van der Waals surface area contributed by atoms with Crippen molar-refractivity contribution in [1.29, 1.82) is 0 Å². The van der Waals surface area contributed by atoms with Crippen LogP contribution < -0.4 is 5.32 Å². The molecule has 1 aliphatic heterocycles. The summed E-state index contributed by atoms with van der Waals surface area (Å²) >= 11 is 0.885. The Labute approximate surface area is 82.9 Å². The van der Waals surface area contributed by atoms with E-state index in [0.29, 0.717) is 6.42 Å². The molecule has 0 aromatic heterocycles. The summed E-state index contributed by atoms with van der Waals surface area (Å²) in [4.78, 5) is 10.0. The maximum absolute atomic E-state index is 10.0. The number of nitrogens with one attached hydrogen (secondary N) is 1. The number of allylic oxidation sites excluding steroid dienone is 1. The molecule has 0 spiro atoms. The number of unbranched alkanes of at least 4 members (excludes halogenated alkanes) is 1. The van der Waals surface area contributed by atoms with Crippen molar-refractivity contribution in [3.63, 3.8) is 0 Å². The molecular formula is C7H11N2OTl. The predicted octanol–water partition coefficient (Wildman–Crippen LogP) is 0.143. The van der Waals surface area contributed by atoms with E-state index in [9.17, 15) is 4.79 Å². The van der Waals surface area contributed by atoms with Crippen molar-refractivity contribution in [2.24, 2.45) is 0 Å². The zero-order chi connectivity index (χ0) is 8.10. The van der Waals surface area contributed by atoms with Crippen LogP contribution in [0.25, 0.3) is 0 Å². The molecule has 0 saturated carbocycles. The molecule has 58 valence electrons. The van der Waals surface area contributed by atoms with E-state index in [-0.39, 0.29) is 0 Å². The third kappa shape index (κ3) is 3.22. The number of nitrogens with zero attached hydrogens (tertiary/aromatic N) is 1. The fourth-order valence-corrected chi connectivity index (χ4v) is 2.07. The predicted molar refractivity (Wildman–Crippen MR) is 43.6 cm³/mol. The van der Waals surface area contributed by atoms with Crippen LogP contribution in [0, 0.1) is 0 Å². The summed E-state index contributed by atoms with van der Waals surface area (Å²) in [5, 5.41) is 3.28. The Morgan fingerprint density at radius 3 is 3.18 bits per heavy atom. The van der Waals surface area contributed by atoms with Crippen LogP contribution in [0.4, 0.5) is 0 Å². The number of hydrogen-bond donors (Lipinski definition) is 1. The van der Waals surface area contributed by atoms with Gasteiger partial charge in [0, 0.05) is 0 Å². The molecule has 0 aliphatic carbocycles. The molecule has 1 heterocycles. The van der Waals surface area contributed by atoms with Crippen LogP contribution in [0.5, 0.6) is 0 Å². The summed E-state index contributed by atoms with van der Waals surface area (Å²) in [6, 6.07) is 0. The minimum atomic E-state index is 0.683. The third-order valence-electron chi connectivity index (χ3n) is 1.58. The Kier molecular flexibility index (Phi) is 3.89. The molecule has 3 nitrogen and oxygen atoms in total. The number of carbonyl (C=O) groups excluding carboxylic acids is 1. The summed E-state index contributed by atoms with van der Waals surface area (Å²) < 4.78 is 2.26. The summed E-state index contributed by atoms with van der Waals surface area (Å²) in [5.74, 6) is 0. The summed E-state index contributed by atoms with van der Waals surface area (Å²) in [5.41, 5.74) is 1.29. The average molecular weight is 344 g/mol. The van der Waals surface area contributed by atoms with Crippen molar-refractivity contribution >= 4 is 32.4 Å². The van der Waals surface area contributed by atoms with Gasteiger partial charge in [-0.05, 0) is 0 Å². The molecule has 0 bridgehead atoms. The molecule has 4 heteroatoms. The van der Waals surface area contributed by atoms with Crippen LogP contribution in [-0.4, -0.2) is 41.7 Å². The topological polar surface area (TPSA) is 32.3 Å². The van der Waals surface area contributed by atoms with Crippen LogP contribution in [0.3, 0.4) is 0 Å². The van der Waals surface area contributed by atoms with E-state index in [0.717, 1.165) is 51.9 Å². The van der Waals surface area contributed by atoms with E-state index in [1.54, 1.807) is 0 Å².